The number of benzene rings is 1. The minimum absolute atomic E-state index is 0.325. The Morgan fingerprint density at radius 3 is 2.73 bits per heavy atom. The molecule has 15 heavy (non-hydrogen) atoms. The molecule has 0 saturated heterocycles. The zero-order chi connectivity index (χ0) is 10.8. The third-order valence-corrected chi connectivity index (χ3v) is 2.80. The lowest BCUT2D eigenvalue weighted by Crippen LogP contribution is -2.11. The van der Waals surface area contributed by atoms with Gasteiger partial charge in [0.15, 0.2) is 0 Å². The number of furan rings is 1. The van der Waals surface area contributed by atoms with Gasteiger partial charge in [-0.2, -0.15) is 0 Å². The molecule has 78 valence electrons. The van der Waals surface area contributed by atoms with Crippen molar-refractivity contribution in [3.05, 3.63) is 58.2 Å². The van der Waals surface area contributed by atoms with Gasteiger partial charge >= 0.3 is 0 Å². The van der Waals surface area contributed by atoms with Crippen molar-refractivity contribution in [1.82, 2.24) is 0 Å². The molecule has 0 spiro atoms. The molecule has 2 aromatic rings. The molecule has 0 aliphatic rings. The second-order valence-corrected chi connectivity index (χ2v) is 4.02. The monoisotopic (exact) mass is 269 g/mol. The predicted octanol–water partition coefficient (Wildman–Crippen LogP) is 3.23. The quantitative estimate of drug-likeness (QED) is 0.909. The van der Waals surface area contributed by atoms with E-state index in [1.807, 2.05) is 0 Å². The van der Waals surface area contributed by atoms with Gasteiger partial charge in [0.05, 0.1) is 16.8 Å². The van der Waals surface area contributed by atoms with Crippen LogP contribution in [0.15, 0.2) is 45.5 Å². The van der Waals surface area contributed by atoms with Crippen LogP contribution >= 0.6 is 15.9 Å². The third-order valence-electron chi connectivity index (χ3n) is 2.15. The maximum absolute atomic E-state index is 13.2. The number of halogens is 2. The summed E-state index contributed by atoms with van der Waals surface area (Å²) in [7, 11) is 0. The Morgan fingerprint density at radius 1 is 1.33 bits per heavy atom. The molecule has 2 rings (SSSR count). The molecule has 0 bridgehead atoms. The third kappa shape index (κ3) is 2.11. The van der Waals surface area contributed by atoms with Crippen molar-refractivity contribution in [3.63, 3.8) is 0 Å². The summed E-state index contributed by atoms with van der Waals surface area (Å²) in [6.07, 6.45) is 1.55. The highest BCUT2D eigenvalue weighted by atomic mass is 79.9. The Morgan fingerprint density at radius 2 is 2.13 bits per heavy atom. The van der Waals surface area contributed by atoms with Gasteiger partial charge in [-0.05, 0) is 45.8 Å². The Hall–Kier alpha value is -1.13. The second kappa shape index (κ2) is 4.16. The van der Waals surface area contributed by atoms with Crippen LogP contribution < -0.4 is 5.73 Å². The Bertz CT molecular complexity index is 456. The zero-order valence-corrected chi connectivity index (χ0v) is 9.37. The molecule has 0 aliphatic carbocycles. The first-order valence-electron chi connectivity index (χ1n) is 4.42. The molecule has 0 amide bonds. The molecule has 4 heteroatoms. The second-order valence-electron chi connectivity index (χ2n) is 3.17. The minimum Gasteiger partial charge on any atom is -0.467 e. The van der Waals surface area contributed by atoms with Crippen LogP contribution in [-0.2, 0) is 0 Å². The summed E-state index contributed by atoms with van der Waals surface area (Å²) in [5.41, 5.74) is 6.59. The lowest BCUT2D eigenvalue weighted by Gasteiger charge is -2.09. The Balaban J connectivity index is 2.34. The molecule has 1 heterocycles. The standard InChI is InChI=1S/C11H9BrFNO/c12-8-4-3-7(6-9(8)13)11(14)10-2-1-5-15-10/h1-6,11H,14H2. The summed E-state index contributed by atoms with van der Waals surface area (Å²) in [5.74, 6) is 0.297. The first-order valence-corrected chi connectivity index (χ1v) is 5.21. The van der Waals surface area contributed by atoms with Gasteiger partial charge in [0, 0.05) is 0 Å². The largest absolute Gasteiger partial charge is 0.467 e. The van der Waals surface area contributed by atoms with Gasteiger partial charge < -0.3 is 10.2 Å². The molecule has 1 aromatic carbocycles. The van der Waals surface area contributed by atoms with Gasteiger partial charge in [-0.25, -0.2) is 4.39 Å². The average molecular weight is 270 g/mol. The number of hydrogen-bond acceptors (Lipinski definition) is 2. The maximum atomic E-state index is 13.2. The molecule has 0 aliphatic heterocycles. The van der Waals surface area contributed by atoms with Crippen LogP contribution in [0.25, 0.3) is 0 Å². The van der Waals surface area contributed by atoms with Gasteiger partial charge in [0.25, 0.3) is 0 Å². The Labute approximate surface area is 95.0 Å². The lowest BCUT2D eigenvalue weighted by atomic mass is 10.1. The zero-order valence-electron chi connectivity index (χ0n) is 7.78. The van der Waals surface area contributed by atoms with E-state index in [1.54, 1.807) is 30.5 Å². The molecular weight excluding hydrogens is 261 g/mol. The van der Waals surface area contributed by atoms with Crippen molar-refractivity contribution in [2.24, 2.45) is 5.73 Å². The molecule has 1 aromatic heterocycles. The van der Waals surface area contributed by atoms with E-state index >= 15 is 0 Å². The van der Waals surface area contributed by atoms with Crippen molar-refractivity contribution in [2.75, 3.05) is 0 Å². The van der Waals surface area contributed by atoms with E-state index < -0.39 is 6.04 Å². The van der Waals surface area contributed by atoms with Gasteiger partial charge in [0.1, 0.15) is 11.6 Å². The number of rotatable bonds is 2. The molecule has 0 saturated carbocycles. The van der Waals surface area contributed by atoms with Crippen LogP contribution in [0.5, 0.6) is 0 Å². The summed E-state index contributed by atoms with van der Waals surface area (Å²) in [6, 6.07) is 7.89. The van der Waals surface area contributed by atoms with Crippen molar-refractivity contribution in [2.45, 2.75) is 6.04 Å². The Kier molecular flexibility index (Phi) is 2.88. The summed E-state index contributed by atoms with van der Waals surface area (Å²) in [6.45, 7) is 0. The van der Waals surface area contributed by atoms with Crippen LogP contribution in [0.3, 0.4) is 0 Å². The highest BCUT2D eigenvalue weighted by Gasteiger charge is 2.12. The first-order chi connectivity index (χ1) is 7.18. The molecule has 0 radical (unpaired) electrons. The molecule has 2 nitrogen and oxygen atoms in total. The van der Waals surface area contributed by atoms with Gasteiger partial charge in [-0.15, -0.1) is 0 Å². The average Bonchev–Trinajstić information content (AvgIpc) is 2.74. The van der Waals surface area contributed by atoms with Gasteiger partial charge in [-0.1, -0.05) is 6.07 Å². The van der Waals surface area contributed by atoms with Crippen LogP contribution in [0.2, 0.25) is 0 Å². The minimum atomic E-state index is -0.428. The van der Waals surface area contributed by atoms with Crippen molar-refractivity contribution < 1.29 is 8.81 Å². The van der Waals surface area contributed by atoms with Crippen LogP contribution in [0, 0.1) is 5.82 Å². The van der Waals surface area contributed by atoms with Gasteiger partial charge in [-0.3, -0.25) is 0 Å². The highest BCUT2D eigenvalue weighted by Crippen LogP contribution is 2.23. The van der Waals surface area contributed by atoms with Gasteiger partial charge in [0.2, 0.25) is 0 Å². The normalized spacial score (nSPS) is 12.7. The smallest absolute Gasteiger partial charge is 0.137 e. The molecule has 1 unspecified atom stereocenters. The summed E-state index contributed by atoms with van der Waals surface area (Å²) in [5, 5.41) is 0. The predicted molar refractivity (Wildman–Crippen MR) is 58.8 cm³/mol. The number of hydrogen-bond donors (Lipinski definition) is 1. The van der Waals surface area contributed by atoms with Crippen LogP contribution in [0.1, 0.15) is 17.4 Å². The van der Waals surface area contributed by atoms with E-state index in [2.05, 4.69) is 15.9 Å². The molecule has 2 N–H and O–H groups in total. The van der Waals surface area contributed by atoms with Crippen LogP contribution in [0.4, 0.5) is 4.39 Å². The molecular formula is C11H9BrFNO. The number of nitrogens with two attached hydrogens (primary N) is 1. The lowest BCUT2D eigenvalue weighted by molar-refractivity contribution is 0.488. The fraction of sp³-hybridized carbons (Fsp3) is 0.0909. The van der Waals surface area contributed by atoms with E-state index in [9.17, 15) is 4.39 Å². The summed E-state index contributed by atoms with van der Waals surface area (Å²) < 4.78 is 18.8. The first kappa shape index (κ1) is 10.4. The van der Waals surface area contributed by atoms with E-state index in [1.165, 1.54) is 6.07 Å². The van der Waals surface area contributed by atoms with E-state index in [4.69, 9.17) is 10.2 Å². The van der Waals surface area contributed by atoms with E-state index in [-0.39, 0.29) is 5.82 Å². The molecule has 1 atom stereocenters. The van der Waals surface area contributed by atoms with Crippen molar-refractivity contribution >= 4 is 15.9 Å². The highest BCUT2D eigenvalue weighted by molar-refractivity contribution is 9.10. The molecule has 0 fully saturated rings. The van der Waals surface area contributed by atoms with Crippen molar-refractivity contribution in [3.8, 4) is 0 Å². The van der Waals surface area contributed by atoms with Crippen LogP contribution in [-0.4, -0.2) is 0 Å². The van der Waals surface area contributed by atoms with Crippen molar-refractivity contribution in [1.29, 1.82) is 0 Å². The summed E-state index contributed by atoms with van der Waals surface area (Å²) in [4.78, 5) is 0. The SMILES string of the molecule is NC(c1ccc(Br)c(F)c1)c1ccco1. The fourth-order valence-corrected chi connectivity index (χ4v) is 1.58. The maximum Gasteiger partial charge on any atom is 0.137 e. The topological polar surface area (TPSA) is 39.2 Å². The van der Waals surface area contributed by atoms with E-state index in [0.29, 0.717) is 15.8 Å². The van der Waals surface area contributed by atoms with E-state index in [0.717, 1.165) is 0 Å². The fourth-order valence-electron chi connectivity index (χ4n) is 1.34. The summed E-state index contributed by atoms with van der Waals surface area (Å²) >= 11 is 3.09.